The van der Waals surface area contributed by atoms with Gasteiger partial charge in [0.15, 0.2) is 0 Å². The Morgan fingerprint density at radius 2 is 2.00 bits per heavy atom. The molecule has 1 aromatic rings. The summed E-state index contributed by atoms with van der Waals surface area (Å²) in [5.74, 6) is 0.464. The first-order chi connectivity index (χ1) is 6.22. The van der Waals surface area contributed by atoms with Gasteiger partial charge in [-0.25, -0.2) is 0 Å². The highest BCUT2D eigenvalue weighted by molar-refractivity contribution is 6.19. The lowest BCUT2D eigenvalue weighted by Gasteiger charge is -2.06. The predicted octanol–water partition coefficient (Wildman–Crippen LogP) is 2.84. The number of alkyl halides is 1. The predicted molar refractivity (Wildman–Crippen MR) is 57.9 cm³/mol. The number of allylic oxidation sites excluding steroid dienone is 1. The second-order valence-corrected chi connectivity index (χ2v) is 3.34. The standard InChI is InChI=1S/C11H14ClN/c1-9-3-5-11(6-4-9)8-13-10(2)7-12/h3-6,13H,2,7-8H2,1H3. The number of aryl methyl sites for hydroxylation is 1. The van der Waals surface area contributed by atoms with Crippen molar-refractivity contribution in [2.75, 3.05) is 5.88 Å². The molecular formula is C11H14ClN. The summed E-state index contributed by atoms with van der Waals surface area (Å²) in [7, 11) is 0. The lowest BCUT2D eigenvalue weighted by Crippen LogP contribution is -2.12. The molecule has 0 aliphatic heterocycles. The molecule has 0 atom stereocenters. The summed E-state index contributed by atoms with van der Waals surface area (Å²) in [6.07, 6.45) is 0. The van der Waals surface area contributed by atoms with Crippen LogP contribution in [0.2, 0.25) is 0 Å². The maximum absolute atomic E-state index is 5.58. The molecule has 13 heavy (non-hydrogen) atoms. The summed E-state index contributed by atoms with van der Waals surface area (Å²) in [5, 5.41) is 3.14. The molecule has 0 spiro atoms. The van der Waals surface area contributed by atoms with Crippen molar-refractivity contribution in [3.8, 4) is 0 Å². The molecule has 0 saturated carbocycles. The Morgan fingerprint density at radius 1 is 1.38 bits per heavy atom. The van der Waals surface area contributed by atoms with E-state index in [1.165, 1.54) is 11.1 Å². The van der Waals surface area contributed by atoms with Crippen molar-refractivity contribution in [3.63, 3.8) is 0 Å². The van der Waals surface area contributed by atoms with Gasteiger partial charge in [-0.2, -0.15) is 0 Å². The fourth-order valence-electron chi connectivity index (χ4n) is 0.980. The van der Waals surface area contributed by atoms with Gasteiger partial charge in [0.05, 0.1) is 5.88 Å². The van der Waals surface area contributed by atoms with Crippen LogP contribution < -0.4 is 5.32 Å². The monoisotopic (exact) mass is 195 g/mol. The summed E-state index contributed by atoms with van der Waals surface area (Å²) in [5.41, 5.74) is 3.39. The highest BCUT2D eigenvalue weighted by Gasteiger charge is 1.92. The Kier molecular flexibility index (Phi) is 3.84. The molecule has 1 nitrogen and oxygen atoms in total. The number of nitrogens with one attached hydrogen (secondary N) is 1. The lowest BCUT2D eigenvalue weighted by atomic mass is 10.1. The van der Waals surface area contributed by atoms with E-state index in [0.29, 0.717) is 5.88 Å². The second-order valence-electron chi connectivity index (χ2n) is 3.08. The van der Waals surface area contributed by atoms with Crippen LogP contribution in [0.15, 0.2) is 36.5 Å². The van der Waals surface area contributed by atoms with E-state index in [4.69, 9.17) is 11.6 Å². The van der Waals surface area contributed by atoms with Gasteiger partial charge in [-0.05, 0) is 12.5 Å². The third-order valence-electron chi connectivity index (χ3n) is 1.82. The number of benzene rings is 1. The van der Waals surface area contributed by atoms with Gasteiger partial charge in [0.2, 0.25) is 0 Å². The van der Waals surface area contributed by atoms with E-state index in [2.05, 4.69) is 43.1 Å². The third kappa shape index (κ3) is 3.51. The Morgan fingerprint density at radius 3 is 2.54 bits per heavy atom. The highest BCUT2D eigenvalue weighted by atomic mass is 35.5. The third-order valence-corrected chi connectivity index (χ3v) is 2.15. The highest BCUT2D eigenvalue weighted by Crippen LogP contribution is 2.03. The molecule has 2 heteroatoms. The molecule has 1 aromatic carbocycles. The minimum Gasteiger partial charge on any atom is -0.384 e. The minimum atomic E-state index is 0.464. The molecule has 0 aliphatic rings. The van der Waals surface area contributed by atoms with Crippen LogP contribution in [0.5, 0.6) is 0 Å². The number of hydrogen-bond acceptors (Lipinski definition) is 1. The first kappa shape index (κ1) is 10.1. The van der Waals surface area contributed by atoms with Crippen molar-refractivity contribution in [2.24, 2.45) is 0 Å². The zero-order valence-electron chi connectivity index (χ0n) is 7.81. The number of rotatable bonds is 4. The van der Waals surface area contributed by atoms with Crippen LogP contribution in [0, 0.1) is 6.92 Å². The average molecular weight is 196 g/mol. The van der Waals surface area contributed by atoms with Crippen molar-refractivity contribution < 1.29 is 0 Å². The summed E-state index contributed by atoms with van der Waals surface area (Å²) in [4.78, 5) is 0. The van der Waals surface area contributed by atoms with Crippen LogP contribution >= 0.6 is 11.6 Å². The molecule has 0 unspecified atom stereocenters. The van der Waals surface area contributed by atoms with E-state index < -0.39 is 0 Å². The Bertz CT molecular complexity index is 277. The fraction of sp³-hybridized carbons (Fsp3) is 0.273. The van der Waals surface area contributed by atoms with Gasteiger partial charge in [0, 0.05) is 12.2 Å². The maximum Gasteiger partial charge on any atom is 0.0615 e. The van der Waals surface area contributed by atoms with Crippen LogP contribution in [-0.4, -0.2) is 5.88 Å². The van der Waals surface area contributed by atoms with Gasteiger partial charge in [-0.15, -0.1) is 11.6 Å². The molecule has 0 amide bonds. The summed E-state index contributed by atoms with van der Waals surface area (Å²) in [6.45, 7) is 6.64. The van der Waals surface area contributed by atoms with Crippen LogP contribution in [-0.2, 0) is 6.54 Å². The van der Waals surface area contributed by atoms with E-state index in [-0.39, 0.29) is 0 Å². The van der Waals surface area contributed by atoms with Crippen molar-refractivity contribution in [1.29, 1.82) is 0 Å². The average Bonchev–Trinajstić information content (AvgIpc) is 2.16. The fourth-order valence-corrected chi connectivity index (χ4v) is 1.07. The van der Waals surface area contributed by atoms with Gasteiger partial charge in [-0.3, -0.25) is 0 Å². The molecule has 0 aromatic heterocycles. The van der Waals surface area contributed by atoms with E-state index in [9.17, 15) is 0 Å². The second kappa shape index (κ2) is 4.93. The van der Waals surface area contributed by atoms with Crippen molar-refractivity contribution in [2.45, 2.75) is 13.5 Å². The van der Waals surface area contributed by atoms with Crippen LogP contribution in [0.25, 0.3) is 0 Å². The molecule has 0 heterocycles. The zero-order chi connectivity index (χ0) is 9.68. The molecule has 0 aliphatic carbocycles. The van der Waals surface area contributed by atoms with Crippen LogP contribution in [0.1, 0.15) is 11.1 Å². The number of hydrogen-bond donors (Lipinski definition) is 1. The Balaban J connectivity index is 2.46. The molecular weight excluding hydrogens is 182 g/mol. The molecule has 1 rings (SSSR count). The number of halogens is 1. The van der Waals surface area contributed by atoms with E-state index in [0.717, 1.165) is 12.2 Å². The molecule has 0 fully saturated rings. The smallest absolute Gasteiger partial charge is 0.0615 e. The SMILES string of the molecule is C=C(CCl)NCc1ccc(C)cc1. The van der Waals surface area contributed by atoms with Crippen molar-refractivity contribution in [3.05, 3.63) is 47.7 Å². The van der Waals surface area contributed by atoms with Crippen molar-refractivity contribution >= 4 is 11.6 Å². The molecule has 0 radical (unpaired) electrons. The van der Waals surface area contributed by atoms with E-state index in [1.54, 1.807) is 0 Å². The van der Waals surface area contributed by atoms with Gasteiger partial charge in [0.25, 0.3) is 0 Å². The normalized spacial score (nSPS) is 9.69. The Hall–Kier alpha value is -0.950. The quantitative estimate of drug-likeness (QED) is 0.729. The molecule has 0 saturated heterocycles. The summed E-state index contributed by atoms with van der Waals surface area (Å²) < 4.78 is 0. The largest absolute Gasteiger partial charge is 0.384 e. The zero-order valence-corrected chi connectivity index (χ0v) is 8.56. The van der Waals surface area contributed by atoms with Gasteiger partial charge in [-0.1, -0.05) is 36.4 Å². The van der Waals surface area contributed by atoms with Gasteiger partial charge >= 0.3 is 0 Å². The maximum atomic E-state index is 5.58. The van der Waals surface area contributed by atoms with Crippen molar-refractivity contribution in [1.82, 2.24) is 5.32 Å². The minimum absolute atomic E-state index is 0.464. The van der Waals surface area contributed by atoms with Gasteiger partial charge < -0.3 is 5.32 Å². The first-order valence-corrected chi connectivity index (χ1v) is 4.79. The van der Waals surface area contributed by atoms with Gasteiger partial charge in [0.1, 0.15) is 0 Å². The molecule has 1 N–H and O–H groups in total. The lowest BCUT2D eigenvalue weighted by molar-refractivity contribution is 0.817. The van der Waals surface area contributed by atoms with E-state index in [1.807, 2.05) is 0 Å². The van der Waals surface area contributed by atoms with Crippen LogP contribution in [0.3, 0.4) is 0 Å². The summed E-state index contributed by atoms with van der Waals surface area (Å²) >= 11 is 5.58. The van der Waals surface area contributed by atoms with Crippen LogP contribution in [0.4, 0.5) is 0 Å². The first-order valence-electron chi connectivity index (χ1n) is 4.25. The van der Waals surface area contributed by atoms with E-state index >= 15 is 0 Å². The Labute approximate surface area is 84.4 Å². The molecule has 0 bridgehead atoms. The topological polar surface area (TPSA) is 12.0 Å². The molecule has 70 valence electrons. The summed E-state index contributed by atoms with van der Waals surface area (Å²) in [6, 6.07) is 8.40.